The molecule has 0 saturated heterocycles. The largest absolute Gasteiger partial charge is 0.349 e. The second-order valence-electron chi connectivity index (χ2n) is 4.04. The van der Waals surface area contributed by atoms with Crippen LogP contribution in [0.5, 0.6) is 0 Å². The standard InChI is InChI=1S/C13H18Cl2N2S/c1-3-7-17(8-4-2)13(18)16-12-9-10(14)5-6-11(12)15/h5-6,9H,3-4,7-8H2,1-2H3,(H,16,18). The van der Waals surface area contributed by atoms with Gasteiger partial charge in [-0.1, -0.05) is 37.0 Å². The summed E-state index contributed by atoms with van der Waals surface area (Å²) >= 11 is 17.5. The fourth-order valence-corrected chi connectivity index (χ4v) is 2.27. The molecule has 0 fully saturated rings. The molecule has 0 saturated carbocycles. The molecule has 1 N–H and O–H groups in total. The summed E-state index contributed by atoms with van der Waals surface area (Å²) < 4.78 is 0. The van der Waals surface area contributed by atoms with Crippen LogP contribution in [0.2, 0.25) is 10.0 Å². The Morgan fingerprint density at radius 3 is 2.39 bits per heavy atom. The monoisotopic (exact) mass is 304 g/mol. The second kappa shape index (κ2) is 7.82. The minimum absolute atomic E-state index is 0.620. The van der Waals surface area contributed by atoms with E-state index in [4.69, 9.17) is 35.4 Å². The fraction of sp³-hybridized carbons (Fsp3) is 0.462. The van der Waals surface area contributed by atoms with Crippen molar-refractivity contribution in [3.8, 4) is 0 Å². The van der Waals surface area contributed by atoms with Crippen LogP contribution in [-0.2, 0) is 0 Å². The summed E-state index contributed by atoms with van der Waals surface area (Å²) in [6, 6.07) is 5.30. The molecule has 1 aromatic carbocycles. The summed E-state index contributed by atoms with van der Waals surface area (Å²) in [4.78, 5) is 2.15. The maximum Gasteiger partial charge on any atom is 0.173 e. The van der Waals surface area contributed by atoms with Crippen molar-refractivity contribution in [2.75, 3.05) is 18.4 Å². The first-order valence-corrected chi connectivity index (χ1v) is 7.25. The molecule has 0 atom stereocenters. The first-order valence-electron chi connectivity index (χ1n) is 6.09. The number of benzene rings is 1. The van der Waals surface area contributed by atoms with Crippen LogP contribution in [-0.4, -0.2) is 23.1 Å². The van der Waals surface area contributed by atoms with Crippen LogP contribution in [0.25, 0.3) is 0 Å². The highest BCUT2D eigenvalue weighted by atomic mass is 35.5. The maximum atomic E-state index is 6.10. The van der Waals surface area contributed by atoms with Gasteiger partial charge in [-0.15, -0.1) is 0 Å². The molecular formula is C13H18Cl2N2S. The molecule has 18 heavy (non-hydrogen) atoms. The molecule has 100 valence electrons. The Kier molecular flexibility index (Phi) is 6.76. The predicted molar refractivity (Wildman–Crippen MR) is 84.8 cm³/mol. The van der Waals surface area contributed by atoms with E-state index in [9.17, 15) is 0 Å². The van der Waals surface area contributed by atoms with E-state index in [1.807, 2.05) is 0 Å². The summed E-state index contributed by atoms with van der Waals surface area (Å²) in [5.41, 5.74) is 0.756. The van der Waals surface area contributed by atoms with Crippen LogP contribution < -0.4 is 5.32 Å². The Hall–Kier alpha value is -0.510. The Bertz CT molecular complexity index is 404. The van der Waals surface area contributed by atoms with E-state index in [1.165, 1.54) is 0 Å². The lowest BCUT2D eigenvalue weighted by Gasteiger charge is -2.25. The number of hydrogen-bond donors (Lipinski definition) is 1. The number of anilines is 1. The molecule has 0 aromatic heterocycles. The maximum absolute atomic E-state index is 6.10. The van der Waals surface area contributed by atoms with E-state index in [2.05, 4.69) is 24.1 Å². The summed E-state index contributed by atoms with van der Waals surface area (Å²) in [5, 5.41) is 5.12. The van der Waals surface area contributed by atoms with Gasteiger partial charge in [0.1, 0.15) is 0 Å². The average molecular weight is 305 g/mol. The van der Waals surface area contributed by atoms with Crippen molar-refractivity contribution in [3.05, 3.63) is 28.2 Å². The molecule has 2 nitrogen and oxygen atoms in total. The molecule has 0 bridgehead atoms. The van der Waals surface area contributed by atoms with E-state index >= 15 is 0 Å². The third-order valence-electron chi connectivity index (χ3n) is 2.44. The third kappa shape index (κ3) is 4.63. The highest BCUT2D eigenvalue weighted by Gasteiger charge is 2.09. The zero-order valence-corrected chi connectivity index (χ0v) is 13.0. The van der Waals surface area contributed by atoms with E-state index in [-0.39, 0.29) is 0 Å². The van der Waals surface area contributed by atoms with Crippen LogP contribution in [0.1, 0.15) is 26.7 Å². The molecule has 0 radical (unpaired) electrons. The SMILES string of the molecule is CCCN(CCC)C(=S)Nc1cc(Cl)ccc1Cl. The minimum atomic E-state index is 0.620. The normalized spacial score (nSPS) is 10.2. The lowest BCUT2D eigenvalue weighted by Crippen LogP contribution is -2.36. The molecule has 0 aliphatic carbocycles. The Morgan fingerprint density at radius 2 is 1.83 bits per heavy atom. The summed E-state index contributed by atoms with van der Waals surface area (Å²) in [6.45, 7) is 6.16. The van der Waals surface area contributed by atoms with E-state index in [1.54, 1.807) is 18.2 Å². The highest BCUT2D eigenvalue weighted by Crippen LogP contribution is 2.25. The van der Waals surface area contributed by atoms with Gasteiger partial charge in [0.25, 0.3) is 0 Å². The Morgan fingerprint density at radius 1 is 1.22 bits per heavy atom. The van der Waals surface area contributed by atoms with Crippen LogP contribution in [0.4, 0.5) is 5.69 Å². The number of nitrogens with zero attached hydrogens (tertiary/aromatic N) is 1. The molecule has 0 aliphatic heterocycles. The number of halogens is 2. The molecular weight excluding hydrogens is 287 g/mol. The van der Waals surface area contributed by atoms with Gasteiger partial charge in [-0.05, 0) is 43.3 Å². The molecule has 1 rings (SSSR count). The molecule has 0 unspecified atom stereocenters. The van der Waals surface area contributed by atoms with Gasteiger partial charge in [0.2, 0.25) is 0 Å². The van der Waals surface area contributed by atoms with Gasteiger partial charge < -0.3 is 10.2 Å². The van der Waals surface area contributed by atoms with Gasteiger partial charge in [0.05, 0.1) is 10.7 Å². The lowest BCUT2D eigenvalue weighted by atomic mass is 10.3. The molecule has 0 spiro atoms. The first kappa shape index (κ1) is 15.5. The number of nitrogens with one attached hydrogen (secondary N) is 1. The van der Waals surface area contributed by atoms with Crippen LogP contribution in [0.3, 0.4) is 0 Å². The zero-order valence-electron chi connectivity index (χ0n) is 10.7. The molecule has 0 aliphatic rings. The second-order valence-corrected chi connectivity index (χ2v) is 5.27. The molecule has 0 heterocycles. The van der Waals surface area contributed by atoms with Gasteiger partial charge in [-0.2, -0.15) is 0 Å². The van der Waals surface area contributed by atoms with Crippen molar-refractivity contribution in [2.45, 2.75) is 26.7 Å². The molecule has 5 heteroatoms. The smallest absolute Gasteiger partial charge is 0.173 e. The van der Waals surface area contributed by atoms with Gasteiger partial charge in [0, 0.05) is 18.1 Å². The zero-order chi connectivity index (χ0) is 13.5. The fourth-order valence-electron chi connectivity index (χ4n) is 1.64. The van der Waals surface area contributed by atoms with Crippen LogP contribution >= 0.6 is 35.4 Å². The summed E-state index contributed by atoms with van der Waals surface area (Å²) in [6.07, 6.45) is 2.12. The van der Waals surface area contributed by atoms with Crippen molar-refractivity contribution in [1.29, 1.82) is 0 Å². The summed E-state index contributed by atoms with van der Waals surface area (Å²) in [7, 11) is 0. The number of rotatable bonds is 5. The quantitative estimate of drug-likeness (QED) is 0.786. The van der Waals surface area contributed by atoms with Crippen molar-refractivity contribution >= 4 is 46.2 Å². The lowest BCUT2D eigenvalue weighted by molar-refractivity contribution is 0.423. The average Bonchev–Trinajstić information content (AvgIpc) is 2.33. The van der Waals surface area contributed by atoms with Crippen molar-refractivity contribution in [3.63, 3.8) is 0 Å². The highest BCUT2D eigenvalue weighted by molar-refractivity contribution is 7.80. The van der Waals surface area contributed by atoms with Gasteiger partial charge in [0.15, 0.2) is 5.11 Å². The van der Waals surface area contributed by atoms with Crippen LogP contribution in [0.15, 0.2) is 18.2 Å². The van der Waals surface area contributed by atoms with E-state index < -0.39 is 0 Å². The van der Waals surface area contributed by atoms with Crippen molar-refractivity contribution in [1.82, 2.24) is 4.90 Å². The van der Waals surface area contributed by atoms with Crippen LogP contribution in [0, 0.1) is 0 Å². The first-order chi connectivity index (χ1) is 8.58. The number of hydrogen-bond acceptors (Lipinski definition) is 1. The third-order valence-corrected chi connectivity index (χ3v) is 3.37. The van der Waals surface area contributed by atoms with Crippen molar-refractivity contribution < 1.29 is 0 Å². The topological polar surface area (TPSA) is 15.3 Å². The van der Waals surface area contributed by atoms with Crippen molar-refractivity contribution in [2.24, 2.45) is 0 Å². The predicted octanol–water partition coefficient (Wildman–Crippen LogP) is 4.81. The molecule has 0 amide bonds. The van der Waals surface area contributed by atoms with E-state index in [0.717, 1.165) is 31.6 Å². The Labute approximate surface area is 124 Å². The van der Waals surface area contributed by atoms with Gasteiger partial charge in [-0.3, -0.25) is 0 Å². The van der Waals surface area contributed by atoms with Gasteiger partial charge >= 0.3 is 0 Å². The van der Waals surface area contributed by atoms with E-state index in [0.29, 0.717) is 15.2 Å². The molecule has 1 aromatic rings. The number of thiocarbonyl (C=S) groups is 1. The minimum Gasteiger partial charge on any atom is -0.349 e. The Balaban J connectivity index is 2.75. The van der Waals surface area contributed by atoms with Gasteiger partial charge in [-0.25, -0.2) is 0 Å². The summed E-state index contributed by atoms with van der Waals surface area (Å²) in [5.74, 6) is 0.